The van der Waals surface area contributed by atoms with Crippen molar-refractivity contribution < 1.29 is 9.66 Å². The number of ether oxygens (including phenoxy) is 1. The molecule has 0 spiro atoms. The fourth-order valence-corrected chi connectivity index (χ4v) is 4.43. The Morgan fingerprint density at radius 3 is 2.64 bits per heavy atom. The summed E-state index contributed by atoms with van der Waals surface area (Å²) in [6.45, 7) is 4.29. The van der Waals surface area contributed by atoms with Crippen LogP contribution in [0.15, 0.2) is 54.9 Å². The number of anilines is 1. The molecule has 0 aliphatic carbocycles. The van der Waals surface area contributed by atoms with E-state index in [2.05, 4.69) is 31.9 Å². The van der Waals surface area contributed by atoms with Gasteiger partial charge in [0.05, 0.1) is 12.0 Å². The van der Waals surface area contributed by atoms with Gasteiger partial charge in [-0.1, -0.05) is 18.2 Å². The summed E-state index contributed by atoms with van der Waals surface area (Å²) < 4.78 is 7.46. The van der Waals surface area contributed by atoms with Crippen molar-refractivity contribution in [2.45, 2.75) is 32.2 Å². The van der Waals surface area contributed by atoms with Crippen molar-refractivity contribution in [3.05, 3.63) is 81.9 Å². The Bertz CT molecular complexity index is 1140. The summed E-state index contributed by atoms with van der Waals surface area (Å²) in [5, 5.41) is 14.9. The number of aryl methyl sites for hydroxylation is 1. The molecule has 1 aromatic heterocycles. The number of rotatable bonds is 6. The first-order valence-electron chi connectivity index (χ1n) is 10.9. The fourth-order valence-electron chi connectivity index (χ4n) is 4.14. The van der Waals surface area contributed by atoms with E-state index in [1.54, 1.807) is 13.2 Å². The molecule has 0 radical (unpaired) electrons. The van der Waals surface area contributed by atoms with Gasteiger partial charge < -0.3 is 19.5 Å². The molecule has 1 fully saturated rings. The van der Waals surface area contributed by atoms with Gasteiger partial charge >= 0.3 is 0 Å². The topological polar surface area (TPSA) is 85.5 Å². The van der Waals surface area contributed by atoms with E-state index in [4.69, 9.17) is 17.0 Å². The van der Waals surface area contributed by atoms with Gasteiger partial charge in [0.15, 0.2) is 5.11 Å². The van der Waals surface area contributed by atoms with Crippen LogP contribution in [0.2, 0.25) is 0 Å². The van der Waals surface area contributed by atoms with Crippen molar-refractivity contribution in [1.82, 2.24) is 14.5 Å². The predicted molar refractivity (Wildman–Crippen MR) is 132 cm³/mol. The van der Waals surface area contributed by atoms with Gasteiger partial charge in [0.1, 0.15) is 11.6 Å². The van der Waals surface area contributed by atoms with Crippen molar-refractivity contribution >= 4 is 28.7 Å². The summed E-state index contributed by atoms with van der Waals surface area (Å²) in [4.78, 5) is 17.5. The van der Waals surface area contributed by atoms with Gasteiger partial charge in [-0.2, -0.15) is 0 Å². The Labute approximate surface area is 198 Å². The summed E-state index contributed by atoms with van der Waals surface area (Å²) in [7, 11) is 1.67. The number of methoxy groups -OCH3 is 1. The molecule has 1 saturated heterocycles. The molecule has 1 aliphatic heterocycles. The van der Waals surface area contributed by atoms with Crippen LogP contribution < -0.4 is 10.1 Å². The number of aromatic nitrogens is 2. The lowest BCUT2D eigenvalue weighted by atomic mass is 9.96. The number of nitrogens with zero attached hydrogens (tertiary/aromatic N) is 4. The first-order chi connectivity index (χ1) is 15.9. The van der Waals surface area contributed by atoms with Crippen molar-refractivity contribution in [2.75, 3.05) is 25.5 Å². The normalized spacial score (nSPS) is 14.2. The molecule has 0 atom stereocenters. The van der Waals surface area contributed by atoms with Crippen LogP contribution in [0.1, 0.15) is 35.7 Å². The van der Waals surface area contributed by atoms with Gasteiger partial charge in [0.2, 0.25) is 0 Å². The molecule has 33 heavy (non-hydrogen) atoms. The summed E-state index contributed by atoms with van der Waals surface area (Å²) in [6.07, 6.45) is 5.77. The van der Waals surface area contributed by atoms with Gasteiger partial charge in [-0.05, 0) is 55.2 Å². The number of nitro benzene ring substituents is 1. The maximum atomic E-state index is 11.1. The monoisotopic (exact) mass is 465 g/mol. The Balaban J connectivity index is 1.36. The minimum Gasteiger partial charge on any atom is -0.497 e. The average Bonchev–Trinajstić information content (AvgIpc) is 3.29. The summed E-state index contributed by atoms with van der Waals surface area (Å²) in [6, 6.07) is 12.9. The highest BCUT2D eigenvalue weighted by Gasteiger charge is 2.25. The summed E-state index contributed by atoms with van der Waals surface area (Å²) in [5.74, 6) is 2.30. The van der Waals surface area contributed by atoms with Crippen LogP contribution in [0.4, 0.5) is 11.4 Å². The number of hydrogen-bond acceptors (Lipinski definition) is 5. The first kappa shape index (κ1) is 22.7. The quantitative estimate of drug-likeness (QED) is 0.320. The zero-order valence-corrected chi connectivity index (χ0v) is 19.5. The molecule has 3 aromatic rings. The SMILES string of the molecule is COc1ccc(Cn2ccnc2C2CCN(C(=S)Nc3cc([N+](=O)[O-])ccc3C)CC2)cc1. The second-order valence-electron chi connectivity index (χ2n) is 8.21. The third-order valence-corrected chi connectivity index (χ3v) is 6.44. The van der Waals surface area contributed by atoms with E-state index in [1.807, 2.05) is 31.5 Å². The highest BCUT2D eigenvalue weighted by atomic mass is 32.1. The van der Waals surface area contributed by atoms with Crippen LogP contribution >= 0.6 is 12.2 Å². The van der Waals surface area contributed by atoms with E-state index in [0.717, 1.165) is 49.6 Å². The minimum absolute atomic E-state index is 0.0494. The Hall–Kier alpha value is -3.46. The van der Waals surface area contributed by atoms with Crippen molar-refractivity contribution in [2.24, 2.45) is 0 Å². The maximum absolute atomic E-state index is 11.1. The van der Waals surface area contributed by atoms with E-state index in [9.17, 15) is 10.1 Å². The fraction of sp³-hybridized carbons (Fsp3) is 0.333. The number of thiocarbonyl (C=S) groups is 1. The van der Waals surface area contributed by atoms with Gasteiger partial charge in [0, 0.05) is 55.8 Å². The minimum atomic E-state index is -0.396. The van der Waals surface area contributed by atoms with Crippen LogP contribution in [0.25, 0.3) is 0 Å². The number of piperidine rings is 1. The van der Waals surface area contributed by atoms with Crippen molar-refractivity contribution in [1.29, 1.82) is 0 Å². The molecule has 1 aliphatic rings. The molecule has 0 bridgehead atoms. The molecule has 0 unspecified atom stereocenters. The van der Waals surface area contributed by atoms with Crippen molar-refractivity contribution in [3.8, 4) is 5.75 Å². The highest BCUT2D eigenvalue weighted by Crippen LogP contribution is 2.29. The zero-order valence-electron chi connectivity index (χ0n) is 18.7. The molecule has 9 heteroatoms. The average molecular weight is 466 g/mol. The van der Waals surface area contributed by atoms with Gasteiger partial charge in [-0.15, -0.1) is 0 Å². The maximum Gasteiger partial charge on any atom is 0.271 e. The van der Waals surface area contributed by atoms with E-state index < -0.39 is 4.92 Å². The molecule has 2 aromatic carbocycles. The lowest BCUT2D eigenvalue weighted by molar-refractivity contribution is -0.384. The first-order valence-corrected chi connectivity index (χ1v) is 11.3. The number of nitro groups is 1. The van der Waals surface area contributed by atoms with Gasteiger partial charge in [-0.25, -0.2) is 4.98 Å². The third-order valence-electron chi connectivity index (χ3n) is 6.08. The standard InChI is InChI=1S/C24H27N5O3S/c1-17-3-6-20(29(30)31)15-22(17)26-24(33)27-12-9-19(10-13-27)23-25-11-14-28(23)16-18-4-7-21(32-2)8-5-18/h3-8,11,14-15,19H,9-10,12-13,16H2,1-2H3,(H,26,33). The number of imidazole rings is 1. The number of benzene rings is 2. The number of non-ortho nitro benzene ring substituents is 1. The highest BCUT2D eigenvalue weighted by molar-refractivity contribution is 7.80. The van der Waals surface area contributed by atoms with E-state index >= 15 is 0 Å². The molecular weight excluding hydrogens is 438 g/mol. The summed E-state index contributed by atoms with van der Waals surface area (Å²) in [5.41, 5.74) is 2.84. The number of nitrogens with one attached hydrogen (secondary N) is 1. The third kappa shape index (κ3) is 5.31. The van der Waals surface area contributed by atoms with Gasteiger partial charge in [0.25, 0.3) is 5.69 Å². The Morgan fingerprint density at radius 2 is 1.97 bits per heavy atom. The lowest BCUT2D eigenvalue weighted by Gasteiger charge is -2.34. The van der Waals surface area contributed by atoms with Crippen molar-refractivity contribution in [3.63, 3.8) is 0 Å². The molecule has 4 rings (SSSR count). The smallest absolute Gasteiger partial charge is 0.271 e. The van der Waals surface area contributed by atoms with Crippen LogP contribution in [0, 0.1) is 17.0 Å². The van der Waals surface area contributed by atoms with Crippen LogP contribution in [0.5, 0.6) is 5.75 Å². The van der Waals surface area contributed by atoms with E-state index in [0.29, 0.717) is 16.7 Å². The lowest BCUT2D eigenvalue weighted by Crippen LogP contribution is -2.40. The van der Waals surface area contributed by atoms with Crippen LogP contribution in [-0.2, 0) is 6.54 Å². The molecule has 0 saturated carbocycles. The van der Waals surface area contributed by atoms with Gasteiger partial charge in [-0.3, -0.25) is 10.1 Å². The summed E-state index contributed by atoms with van der Waals surface area (Å²) >= 11 is 5.61. The zero-order chi connectivity index (χ0) is 23.4. The predicted octanol–water partition coefficient (Wildman–Crippen LogP) is 4.73. The second kappa shape index (κ2) is 9.99. The molecule has 8 nitrogen and oxygen atoms in total. The van der Waals surface area contributed by atoms with Crippen LogP contribution in [-0.4, -0.2) is 44.7 Å². The van der Waals surface area contributed by atoms with E-state index in [1.165, 1.54) is 17.7 Å². The second-order valence-corrected chi connectivity index (χ2v) is 8.60. The largest absolute Gasteiger partial charge is 0.497 e. The van der Waals surface area contributed by atoms with Crippen LogP contribution in [0.3, 0.4) is 0 Å². The Kier molecular flexibility index (Phi) is 6.88. The molecule has 2 heterocycles. The Morgan fingerprint density at radius 1 is 1.24 bits per heavy atom. The molecule has 1 N–H and O–H groups in total. The molecule has 0 amide bonds. The molecular formula is C24H27N5O3S. The van der Waals surface area contributed by atoms with E-state index in [-0.39, 0.29) is 5.69 Å². The number of hydrogen-bond donors (Lipinski definition) is 1. The number of likely N-dealkylation sites (tertiary alicyclic amines) is 1. The molecule has 172 valence electrons.